The fraction of sp³-hybridized carbons (Fsp3) is 0.545. The number of aryl methyl sites for hydroxylation is 2. The van der Waals surface area contributed by atoms with Gasteiger partial charge in [0.15, 0.2) is 5.16 Å². The first-order valence-corrected chi connectivity index (χ1v) is 13.0. The van der Waals surface area contributed by atoms with Crippen LogP contribution in [0.5, 0.6) is 0 Å². The number of thioether (sulfide) groups is 1. The van der Waals surface area contributed by atoms with Crippen LogP contribution in [-0.2, 0) is 14.8 Å². The van der Waals surface area contributed by atoms with Gasteiger partial charge in [0.1, 0.15) is 0 Å². The zero-order chi connectivity index (χ0) is 22.8. The number of hydrogen-bond acceptors (Lipinski definition) is 5. The third-order valence-electron chi connectivity index (χ3n) is 5.86. The van der Waals surface area contributed by atoms with E-state index in [1.165, 1.54) is 61.2 Å². The number of nitrogens with zero attached hydrogens (tertiary/aromatic N) is 3. The van der Waals surface area contributed by atoms with Crippen LogP contribution in [0.2, 0.25) is 0 Å². The predicted molar refractivity (Wildman–Crippen MR) is 125 cm³/mol. The van der Waals surface area contributed by atoms with Gasteiger partial charge in [0.2, 0.25) is 15.9 Å². The third-order valence-corrected chi connectivity index (χ3v) is 8.77. The zero-order valence-electron chi connectivity index (χ0n) is 18.9. The van der Waals surface area contributed by atoms with Crippen molar-refractivity contribution in [2.24, 2.45) is 0 Å². The van der Waals surface area contributed by atoms with E-state index in [2.05, 4.69) is 16.8 Å². The molecule has 1 aromatic carbocycles. The smallest absolute Gasteiger partial charge is 0.242 e. The number of sulfonamides is 1. The Morgan fingerprint density at radius 1 is 1.19 bits per heavy atom. The maximum atomic E-state index is 12.6. The molecule has 0 bridgehead atoms. The minimum atomic E-state index is -3.58. The van der Waals surface area contributed by atoms with E-state index in [1.807, 2.05) is 6.92 Å². The minimum Gasteiger partial charge on any atom is -0.325 e. The lowest BCUT2D eigenvalue weighted by molar-refractivity contribution is -0.113. The van der Waals surface area contributed by atoms with Gasteiger partial charge in [-0.05, 0) is 51.3 Å². The summed E-state index contributed by atoms with van der Waals surface area (Å²) in [6, 6.07) is 5.41. The molecule has 170 valence electrons. The highest BCUT2D eigenvalue weighted by atomic mass is 32.2. The molecule has 0 unspecified atom stereocenters. The maximum Gasteiger partial charge on any atom is 0.242 e. The van der Waals surface area contributed by atoms with E-state index in [-0.39, 0.29) is 16.6 Å². The highest BCUT2D eigenvalue weighted by Crippen LogP contribution is 2.34. The van der Waals surface area contributed by atoms with Gasteiger partial charge < -0.3 is 9.88 Å². The summed E-state index contributed by atoms with van der Waals surface area (Å²) < 4.78 is 28.5. The van der Waals surface area contributed by atoms with E-state index in [9.17, 15) is 13.2 Å². The minimum absolute atomic E-state index is 0.185. The van der Waals surface area contributed by atoms with Gasteiger partial charge in [0, 0.05) is 31.5 Å². The van der Waals surface area contributed by atoms with Crippen molar-refractivity contribution >= 4 is 33.4 Å². The van der Waals surface area contributed by atoms with Crippen LogP contribution in [0.4, 0.5) is 5.69 Å². The molecule has 9 heteroatoms. The Labute approximate surface area is 189 Å². The molecule has 0 aliphatic heterocycles. The standard InChI is InChI=1S/C22H32N4O3S2/c1-15-11-12-18(13-20(15)31(28,29)25(4)5)24-21(27)14-30-22-23-16(2)17(3)26(22)19-9-7-6-8-10-19/h11-13,19H,6-10,14H2,1-5H3,(H,24,27). The molecule has 1 aliphatic carbocycles. The Morgan fingerprint density at radius 3 is 2.52 bits per heavy atom. The molecule has 31 heavy (non-hydrogen) atoms. The maximum absolute atomic E-state index is 12.6. The van der Waals surface area contributed by atoms with Crippen LogP contribution in [0.25, 0.3) is 0 Å². The predicted octanol–water partition coefficient (Wildman–Crippen LogP) is 4.29. The Hall–Kier alpha value is -1.84. The molecular weight excluding hydrogens is 432 g/mol. The number of hydrogen-bond donors (Lipinski definition) is 1. The van der Waals surface area contributed by atoms with Gasteiger partial charge in [-0.15, -0.1) is 0 Å². The summed E-state index contributed by atoms with van der Waals surface area (Å²) in [7, 11) is -0.588. The van der Waals surface area contributed by atoms with Gasteiger partial charge in [-0.1, -0.05) is 37.1 Å². The third kappa shape index (κ3) is 5.32. The first kappa shape index (κ1) is 23.8. The molecule has 1 aromatic heterocycles. The lowest BCUT2D eigenvalue weighted by Crippen LogP contribution is -2.23. The number of aromatic nitrogens is 2. The number of nitrogens with one attached hydrogen (secondary N) is 1. The van der Waals surface area contributed by atoms with Crippen molar-refractivity contribution in [2.45, 2.75) is 69.0 Å². The van der Waals surface area contributed by atoms with Crippen LogP contribution >= 0.6 is 11.8 Å². The Morgan fingerprint density at radius 2 is 1.87 bits per heavy atom. The van der Waals surface area contributed by atoms with Crippen molar-refractivity contribution in [2.75, 3.05) is 25.2 Å². The molecule has 1 N–H and O–H groups in total. The highest BCUT2D eigenvalue weighted by molar-refractivity contribution is 7.99. The van der Waals surface area contributed by atoms with E-state index in [4.69, 9.17) is 4.98 Å². The lowest BCUT2D eigenvalue weighted by atomic mass is 9.95. The molecule has 1 aliphatic rings. The van der Waals surface area contributed by atoms with E-state index in [0.29, 0.717) is 17.3 Å². The normalized spacial score (nSPS) is 15.4. The van der Waals surface area contributed by atoms with Crippen molar-refractivity contribution in [3.05, 3.63) is 35.2 Å². The van der Waals surface area contributed by atoms with Crippen molar-refractivity contribution < 1.29 is 13.2 Å². The number of rotatable bonds is 7. The highest BCUT2D eigenvalue weighted by Gasteiger charge is 2.23. The Kier molecular flexibility index (Phi) is 7.49. The Bertz CT molecular complexity index is 1050. The first-order chi connectivity index (χ1) is 14.6. The summed E-state index contributed by atoms with van der Waals surface area (Å²) in [5.41, 5.74) is 3.29. The molecular formula is C22H32N4O3S2. The van der Waals surface area contributed by atoms with Crippen LogP contribution in [0.1, 0.15) is 55.1 Å². The second-order valence-corrected chi connectivity index (χ2v) is 11.4. The van der Waals surface area contributed by atoms with E-state index < -0.39 is 10.0 Å². The molecule has 0 atom stereocenters. The summed E-state index contributed by atoms with van der Waals surface area (Å²) in [6.45, 7) is 5.85. The molecule has 1 amide bonds. The summed E-state index contributed by atoms with van der Waals surface area (Å²) in [5.74, 6) is 0.0299. The molecule has 1 heterocycles. The number of anilines is 1. The second-order valence-electron chi connectivity index (χ2n) is 8.33. The lowest BCUT2D eigenvalue weighted by Gasteiger charge is -2.26. The summed E-state index contributed by atoms with van der Waals surface area (Å²) >= 11 is 1.43. The van der Waals surface area contributed by atoms with Gasteiger partial charge in [0.05, 0.1) is 16.3 Å². The summed E-state index contributed by atoms with van der Waals surface area (Å²) in [4.78, 5) is 17.5. The van der Waals surface area contributed by atoms with E-state index in [0.717, 1.165) is 23.7 Å². The first-order valence-electron chi connectivity index (χ1n) is 10.6. The van der Waals surface area contributed by atoms with Crippen molar-refractivity contribution in [3.63, 3.8) is 0 Å². The van der Waals surface area contributed by atoms with E-state index >= 15 is 0 Å². The van der Waals surface area contributed by atoms with Crippen molar-refractivity contribution in [3.8, 4) is 0 Å². The molecule has 0 spiro atoms. The van der Waals surface area contributed by atoms with Crippen molar-refractivity contribution in [1.82, 2.24) is 13.9 Å². The van der Waals surface area contributed by atoms with Gasteiger partial charge in [-0.2, -0.15) is 0 Å². The number of carbonyl (C=O) groups excluding carboxylic acids is 1. The number of imidazole rings is 1. The van der Waals surface area contributed by atoms with Crippen LogP contribution in [-0.4, -0.2) is 48.0 Å². The molecule has 1 saturated carbocycles. The van der Waals surface area contributed by atoms with Gasteiger partial charge in [-0.25, -0.2) is 17.7 Å². The average Bonchev–Trinajstić information content (AvgIpc) is 3.02. The topological polar surface area (TPSA) is 84.3 Å². The largest absolute Gasteiger partial charge is 0.325 e. The summed E-state index contributed by atoms with van der Waals surface area (Å²) in [6.07, 6.45) is 6.07. The monoisotopic (exact) mass is 464 g/mol. The number of amides is 1. The molecule has 7 nitrogen and oxygen atoms in total. The fourth-order valence-electron chi connectivity index (χ4n) is 3.95. The van der Waals surface area contributed by atoms with Crippen LogP contribution in [0.3, 0.4) is 0 Å². The van der Waals surface area contributed by atoms with Gasteiger partial charge in [-0.3, -0.25) is 4.79 Å². The Balaban J connectivity index is 1.71. The molecule has 3 rings (SSSR count). The van der Waals surface area contributed by atoms with E-state index in [1.54, 1.807) is 19.1 Å². The van der Waals surface area contributed by atoms with Gasteiger partial charge >= 0.3 is 0 Å². The average molecular weight is 465 g/mol. The molecule has 0 radical (unpaired) electrons. The molecule has 0 saturated heterocycles. The van der Waals surface area contributed by atoms with Gasteiger partial charge in [0.25, 0.3) is 0 Å². The molecule has 1 fully saturated rings. The molecule has 2 aromatic rings. The number of benzene rings is 1. The van der Waals surface area contributed by atoms with Crippen LogP contribution in [0, 0.1) is 20.8 Å². The summed E-state index contributed by atoms with van der Waals surface area (Å²) in [5, 5.41) is 3.72. The zero-order valence-corrected chi connectivity index (χ0v) is 20.6. The van der Waals surface area contributed by atoms with Crippen LogP contribution in [0.15, 0.2) is 28.3 Å². The van der Waals surface area contributed by atoms with Crippen LogP contribution < -0.4 is 5.32 Å². The quantitative estimate of drug-likeness (QED) is 0.618. The second kappa shape index (κ2) is 9.75. The number of carbonyl (C=O) groups is 1. The SMILES string of the molecule is Cc1ccc(NC(=O)CSc2nc(C)c(C)n2C2CCCCC2)cc1S(=O)(=O)N(C)C. The van der Waals surface area contributed by atoms with Crippen molar-refractivity contribution in [1.29, 1.82) is 0 Å². The fourth-order valence-corrected chi connectivity index (χ4v) is 6.05.